The second kappa shape index (κ2) is 6.07. The van der Waals surface area contributed by atoms with E-state index >= 15 is 0 Å². The highest BCUT2D eigenvalue weighted by Crippen LogP contribution is 2.19. The fraction of sp³-hybridized carbons (Fsp3) is 0.364. The summed E-state index contributed by atoms with van der Waals surface area (Å²) in [6, 6.07) is 4.07. The Morgan fingerprint density at radius 2 is 2.25 bits per heavy atom. The number of esters is 1. The highest BCUT2D eigenvalue weighted by Gasteiger charge is 2.07. The van der Waals surface area contributed by atoms with E-state index in [0.29, 0.717) is 11.3 Å². The van der Waals surface area contributed by atoms with Gasteiger partial charge >= 0.3 is 5.97 Å². The lowest BCUT2D eigenvalue weighted by atomic mass is 10.2. The molecule has 5 heteroatoms. The van der Waals surface area contributed by atoms with Gasteiger partial charge in [-0.15, -0.1) is 0 Å². The van der Waals surface area contributed by atoms with E-state index in [4.69, 9.17) is 9.47 Å². The third-order valence-electron chi connectivity index (χ3n) is 1.95. The molecule has 4 nitrogen and oxygen atoms in total. The molecule has 0 saturated carbocycles. The Kier molecular flexibility index (Phi) is 4.72. The van der Waals surface area contributed by atoms with E-state index in [1.807, 2.05) is 0 Å². The second-order valence-corrected chi connectivity index (χ2v) is 3.15. The van der Waals surface area contributed by atoms with Crippen LogP contribution in [0.2, 0.25) is 0 Å². The summed E-state index contributed by atoms with van der Waals surface area (Å²) >= 11 is 0. The molecule has 0 atom stereocenters. The van der Waals surface area contributed by atoms with Crippen LogP contribution in [0, 0.1) is 5.82 Å². The molecule has 1 aromatic carbocycles. The van der Waals surface area contributed by atoms with E-state index in [1.54, 1.807) is 7.05 Å². The van der Waals surface area contributed by atoms with Crippen LogP contribution < -0.4 is 10.1 Å². The molecule has 0 radical (unpaired) electrons. The molecule has 0 aliphatic heterocycles. The van der Waals surface area contributed by atoms with E-state index in [2.05, 4.69) is 5.32 Å². The predicted octanol–water partition coefficient (Wildman–Crippen LogP) is 1.10. The molecule has 0 fully saturated rings. The molecule has 0 saturated heterocycles. The molecule has 0 spiro atoms. The monoisotopic (exact) mass is 227 g/mol. The Morgan fingerprint density at radius 1 is 1.50 bits per heavy atom. The molecule has 0 aliphatic rings. The maximum atomic E-state index is 12.9. The Labute approximate surface area is 93.4 Å². The van der Waals surface area contributed by atoms with Crippen molar-refractivity contribution in [3.05, 3.63) is 29.6 Å². The number of likely N-dealkylation sites (N-methyl/N-ethyl adjacent to an activating group) is 1. The smallest absolute Gasteiger partial charge is 0.320 e. The highest BCUT2D eigenvalue weighted by molar-refractivity contribution is 5.71. The molecule has 0 amide bonds. The maximum absolute atomic E-state index is 12.9. The predicted molar refractivity (Wildman–Crippen MR) is 56.7 cm³/mol. The molecular formula is C11H14FNO3. The summed E-state index contributed by atoms with van der Waals surface area (Å²) in [5, 5.41) is 2.66. The van der Waals surface area contributed by atoms with Gasteiger partial charge in [0.1, 0.15) is 18.2 Å². The maximum Gasteiger partial charge on any atom is 0.320 e. The lowest BCUT2D eigenvalue weighted by molar-refractivity contribution is -0.143. The van der Waals surface area contributed by atoms with Crippen LogP contribution >= 0.6 is 0 Å². The largest absolute Gasteiger partial charge is 0.496 e. The van der Waals surface area contributed by atoms with Crippen LogP contribution in [0.1, 0.15) is 5.56 Å². The molecule has 0 unspecified atom stereocenters. The van der Waals surface area contributed by atoms with Crippen LogP contribution in [-0.2, 0) is 16.1 Å². The summed E-state index contributed by atoms with van der Waals surface area (Å²) in [6.45, 7) is 0.124. The zero-order chi connectivity index (χ0) is 12.0. The molecule has 0 heterocycles. The first-order valence-corrected chi connectivity index (χ1v) is 4.80. The number of carbonyl (C=O) groups is 1. The average Bonchev–Trinajstić information content (AvgIpc) is 2.27. The molecule has 88 valence electrons. The van der Waals surface area contributed by atoms with Crippen molar-refractivity contribution >= 4 is 5.97 Å². The molecule has 0 aromatic heterocycles. The van der Waals surface area contributed by atoms with Crippen LogP contribution in [0.25, 0.3) is 0 Å². The van der Waals surface area contributed by atoms with E-state index in [9.17, 15) is 9.18 Å². The summed E-state index contributed by atoms with van der Waals surface area (Å²) in [5.41, 5.74) is 0.506. The van der Waals surface area contributed by atoms with Gasteiger partial charge in [0.25, 0.3) is 0 Å². The number of hydrogen-bond donors (Lipinski definition) is 1. The number of benzene rings is 1. The summed E-state index contributed by atoms with van der Waals surface area (Å²) < 4.78 is 22.9. The van der Waals surface area contributed by atoms with Crippen molar-refractivity contribution in [2.24, 2.45) is 0 Å². The highest BCUT2D eigenvalue weighted by atomic mass is 19.1. The van der Waals surface area contributed by atoms with E-state index in [-0.39, 0.29) is 19.0 Å². The van der Waals surface area contributed by atoms with Gasteiger partial charge in [-0.1, -0.05) is 0 Å². The number of hydrogen-bond acceptors (Lipinski definition) is 4. The van der Waals surface area contributed by atoms with Gasteiger partial charge in [0.05, 0.1) is 13.7 Å². The Hall–Kier alpha value is -1.62. The van der Waals surface area contributed by atoms with E-state index in [1.165, 1.54) is 25.3 Å². The number of halogens is 1. The van der Waals surface area contributed by atoms with Gasteiger partial charge in [-0.25, -0.2) is 4.39 Å². The number of ether oxygens (including phenoxy) is 2. The minimum Gasteiger partial charge on any atom is -0.496 e. The fourth-order valence-corrected chi connectivity index (χ4v) is 1.21. The van der Waals surface area contributed by atoms with Crippen molar-refractivity contribution in [2.75, 3.05) is 20.7 Å². The van der Waals surface area contributed by atoms with Gasteiger partial charge < -0.3 is 14.8 Å². The standard InChI is InChI=1S/C11H14FNO3/c1-13-6-11(14)16-7-8-5-9(12)3-4-10(8)15-2/h3-5,13H,6-7H2,1-2H3. The summed E-state index contributed by atoms with van der Waals surface area (Å²) in [4.78, 5) is 11.1. The Morgan fingerprint density at radius 3 is 2.88 bits per heavy atom. The van der Waals surface area contributed by atoms with Crippen LogP contribution in [0.4, 0.5) is 4.39 Å². The Bertz CT molecular complexity index is 368. The van der Waals surface area contributed by atoms with Crippen LogP contribution in [-0.4, -0.2) is 26.7 Å². The first-order chi connectivity index (χ1) is 7.67. The zero-order valence-electron chi connectivity index (χ0n) is 9.25. The van der Waals surface area contributed by atoms with E-state index < -0.39 is 5.97 Å². The molecule has 16 heavy (non-hydrogen) atoms. The van der Waals surface area contributed by atoms with Gasteiger partial charge in [-0.2, -0.15) is 0 Å². The number of carbonyl (C=O) groups excluding carboxylic acids is 1. The summed E-state index contributed by atoms with van der Waals surface area (Å²) in [5.74, 6) is -0.284. The number of methoxy groups -OCH3 is 1. The lowest BCUT2D eigenvalue weighted by Gasteiger charge is -2.09. The van der Waals surface area contributed by atoms with Crippen LogP contribution in [0.3, 0.4) is 0 Å². The molecule has 0 bridgehead atoms. The van der Waals surface area contributed by atoms with Crippen LogP contribution in [0.15, 0.2) is 18.2 Å². The van der Waals surface area contributed by atoms with Crippen molar-refractivity contribution in [2.45, 2.75) is 6.61 Å². The van der Waals surface area contributed by atoms with Crippen molar-refractivity contribution in [3.8, 4) is 5.75 Å². The van der Waals surface area contributed by atoms with Gasteiger partial charge in [0, 0.05) is 5.56 Å². The van der Waals surface area contributed by atoms with Gasteiger partial charge in [-0.05, 0) is 25.2 Å². The van der Waals surface area contributed by atoms with Crippen molar-refractivity contribution < 1.29 is 18.7 Å². The van der Waals surface area contributed by atoms with E-state index in [0.717, 1.165) is 0 Å². The number of rotatable bonds is 5. The molecule has 1 rings (SSSR count). The first-order valence-electron chi connectivity index (χ1n) is 4.80. The van der Waals surface area contributed by atoms with Gasteiger partial charge in [-0.3, -0.25) is 4.79 Å². The second-order valence-electron chi connectivity index (χ2n) is 3.15. The molecule has 0 aliphatic carbocycles. The third-order valence-corrected chi connectivity index (χ3v) is 1.95. The van der Waals surface area contributed by atoms with Gasteiger partial charge in [0.2, 0.25) is 0 Å². The number of nitrogens with one attached hydrogen (secondary N) is 1. The minimum atomic E-state index is -0.395. The van der Waals surface area contributed by atoms with Crippen molar-refractivity contribution in [1.82, 2.24) is 5.32 Å². The molecule has 1 N–H and O–H groups in total. The quantitative estimate of drug-likeness (QED) is 0.765. The topological polar surface area (TPSA) is 47.6 Å². The molecule has 1 aromatic rings. The third kappa shape index (κ3) is 3.51. The normalized spacial score (nSPS) is 9.94. The SMILES string of the molecule is CNCC(=O)OCc1cc(F)ccc1OC. The first kappa shape index (κ1) is 12.4. The van der Waals surface area contributed by atoms with Crippen LogP contribution in [0.5, 0.6) is 5.75 Å². The summed E-state index contributed by atoms with van der Waals surface area (Å²) in [7, 11) is 3.12. The minimum absolute atomic E-state index is 0.00144. The van der Waals surface area contributed by atoms with Crippen molar-refractivity contribution in [3.63, 3.8) is 0 Å². The lowest BCUT2D eigenvalue weighted by Crippen LogP contribution is -2.20. The van der Waals surface area contributed by atoms with Crippen molar-refractivity contribution in [1.29, 1.82) is 0 Å². The Balaban J connectivity index is 2.65. The zero-order valence-corrected chi connectivity index (χ0v) is 9.25. The summed E-state index contributed by atoms with van der Waals surface area (Å²) in [6.07, 6.45) is 0. The fourth-order valence-electron chi connectivity index (χ4n) is 1.21. The molecular weight excluding hydrogens is 213 g/mol. The van der Waals surface area contributed by atoms with Gasteiger partial charge in [0.15, 0.2) is 0 Å². The average molecular weight is 227 g/mol.